The fraction of sp³-hybridized carbons (Fsp3) is 1.00. The molecule has 0 heterocycles. The molecule has 2 nitrogen and oxygen atoms in total. The van der Waals surface area contributed by atoms with Crippen LogP contribution in [0.3, 0.4) is 0 Å². The summed E-state index contributed by atoms with van der Waals surface area (Å²) in [5.41, 5.74) is 0. The van der Waals surface area contributed by atoms with E-state index in [1.54, 1.807) is 0 Å². The molecule has 1 atom stereocenters. The van der Waals surface area contributed by atoms with Crippen molar-refractivity contribution in [2.45, 2.75) is 58.4 Å². The van der Waals surface area contributed by atoms with Crippen LogP contribution in [-0.4, -0.2) is 19.1 Å². The van der Waals surface area contributed by atoms with Crippen molar-refractivity contribution in [2.75, 3.05) is 13.1 Å². The van der Waals surface area contributed by atoms with Crippen LogP contribution in [0.2, 0.25) is 0 Å². The van der Waals surface area contributed by atoms with Crippen molar-refractivity contribution in [3.8, 4) is 0 Å². The summed E-state index contributed by atoms with van der Waals surface area (Å²) in [5, 5.41) is 6.54. The minimum Gasteiger partial charge on any atom is -0.315 e. The van der Waals surface area contributed by atoms with Crippen LogP contribution < -0.4 is 10.4 Å². The van der Waals surface area contributed by atoms with Gasteiger partial charge in [-0.05, 0) is 25.9 Å². The van der Waals surface area contributed by atoms with Crippen LogP contribution in [0.4, 0.5) is 0 Å². The largest absolute Gasteiger partial charge is 0.315 e. The highest BCUT2D eigenvalue weighted by molar-refractivity contribution is 7.13. The molecule has 0 aromatic heterocycles. The summed E-state index contributed by atoms with van der Waals surface area (Å²) in [6.45, 7) is 6.73. The molecule has 0 bridgehead atoms. The maximum Gasteiger partial charge on any atom is 0.00103 e. The van der Waals surface area contributed by atoms with E-state index < -0.39 is 0 Å². The Morgan fingerprint density at radius 2 is 1.36 bits per heavy atom. The van der Waals surface area contributed by atoms with Gasteiger partial charge in [-0.15, -0.1) is 0 Å². The molecule has 2 N–H and O–H groups in total. The van der Waals surface area contributed by atoms with Crippen LogP contribution in [0, 0.1) is 0 Å². The van der Waals surface area contributed by atoms with Gasteiger partial charge < -0.3 is 10.4 Å². The lowest BCUT2D eigenvalue weighted by Gasteiger charge is -2.07. The minimum absolute atomic E-state index is 0.642. The van der Waals surface area contributed by atoms with Crippen molar-refractivity contribution in [3.05, 3.63) is 0 Å². The number of rotatable bonds is 10. The third kappa shape index (κ3) is 12.3. The molecule has 0 radical (unpaired) electrons. The van der Waals surface area contributed by atoms with Gasteiger partial charge in [-0.1, -0.05) is 48.9 Å². The van der Waals surface area contributed by atoms with E-state index in [4.69, 9.17) is 0 Å². The lowest BCUT2D eigenvalue weighted by atomic mass is 10.1. The fourth-order valence-corrected chi connectivity index (χ4v) is 1.65. The quantitative estimate of drug-likeness (QED) is 0.435. The third-order valence-corrected chi connectivity index (χ3v) is 2.59. The topological polar surface area (TPSA) is 24.1 Å². The van der Waals surface area contributed by atoms with E-state index in [2.05, 4.69) is 33.6 Å². The number of hydrogen-bond donors (Lipinski definition) is 2. The Labute approximate surface area is 91.9 Å². The summed E-state index contributed by atoms with van der Waals surface area (Å²) in [6.07, 6.45) is 8.20. The number of unbranched alkanes of at least 4 members (excludes halogenated alkanes) is 5. The van der Waals surface area contributed by atoms with Gasteiger partial charge in [-0.25, -0.2) is 0 Å². The van der Waals surface area contributed by atoms with Gasteiger partial charge in [0.2, 0.25) is 0 Å². The summed E-state index contributed by atoms with van der Waals surface area (Å²) in [4.78, 5) is 0. The van der Waals surface area contributed by atoms with Crippen LogP contribution in [-0.2, 0) is 0 Å². The van der Waals surface area contributed by atoms with Crippen molar-refractivity contribution in [1.29, 1.82) is 0 Å². The zero-order chi connectivity index (χ0) is 10.6. The van der Waals surface area contributed by atoms with E-state index in [9.17, 15) is 0 Å². The first kappa shape index (κ1) is 14.3. The monoisotopic (exact) mass is 218 g/mol. The van der Waals surface area contributed by atoms with Crippen molar-refractivity contribution in [3.63, 3.8) is 0 Å². The Bertz CT molecular complexity index is 107. The Morgan fingerprint density at radius 1 is 0.857 bits per heavy atom. The Morgan fingerprint density at radius 3 is 1.86 bits per heavy atom. The highest BCUT2D eigenvalue weighted by atomic mass is 31.0. The normalized spacial score (nSPS) is 11.1. The highest BCUT2D eigenvalue weighted by Crippen LogP contribution is 2.04. The van der Waals surface area contributed by atoms with Crippen LogP contribution in [0.1, 0.15) is 52.4 Å². The SMILES string of the molecule is CC(C)NCCCCCCCCNP. The third-order valence-electron chi connectivity index (χ3n) is 2.30. The molecule has 3 heteroatoms. The average Bonchev–Trinajstić information content (AvgIpc) is 2.15. The predicted molar refractivity (Wildman–Crippen MR) is 68.6 cm³/mol. The van der Waals surface area contributed by atoms with Crippen LogP contribution in [0.25, 0.3) is 0 Å². The molecule has 0 aliphatic carbocycles. The average molecular weight is 218 g/mol. The van der Waals surface area contributed by atoms with Gasteiger partial charge in [-0.3, -0.25) is 0 Å². The maximum absolute atomic E-state index is 3.44. The predicted octanol–water partition coefficient (Wildman–Crippen LogP) is 2.70. The minimum atomic E-state index is 0.642. The maximum atomic E-state index is 3.44. The molecule has 0 spiro atoms. The summed E-state index contributed by atoms with van der Waals surface area (Å²) >= 11 is 0. The molecule has 0 rings (SSSR count). The van der Waals surface area contributed by atoms with Gasteiger partial charge in [0.15, 0.2) is 0 Å². The number of nitrogens with one attached hydrogen (secondary N) is 2. The van der Waals surface area contributed by atoms with Gasteiger partial charge in [0, 0.05) is 6.04 Å². The van der Waals surface area contributed by atoms with Gasteiger partial charge in [0.25, 0.3) is 0 Å². The molecule has 0 saturated carbocycles. The van der Waals surface area contributed by atoms with E-state index in [1.807, 2.05) is 0 Å². The molecule has 0 saturated heterocycles. The van der Waals surface area contributed by atoms with E-state index in [0.29, 0.717) is 6.04 Å². The molecule has 14 heavy (non-hydrogen) atoms. The smallest absolute Gasteiger partial charge is 0.00103 e. The van der Waals surface area contributed by atoms with Crippen molar-refractivity contribution >= 4 is 9.39 Å². The van der Waals surface area contributed by atoms with Crippen molar-refractivity contribution < 1.29 is 0 Å². The fourth-order valence-electron chi connectivity index (χ4n) is 1.45. The van der Waals surface area contributed by atoms with Crippen LogP contribution in [0.15, 0.2) is 0 Å². The van der Waals surface area contributed by atoms with Crippen LogP contribution in [0.5, 0.6) is 0 Å². The molecule has 86 valence electrons. The molecular formula is C11H27N2P. The lowest BCUT2D eigenvalue weighted by Crippen LogP contribution is -2.23. The van der Waals surface area contributed by atoms with Gasteiger partial charge in [0.05, 0.1) is 0 Å². The molecular weight excluding hydrogens is 191 g/mol. The van der Waals surface area contributed by atoms with Crippen molar-refractivity contribution in [2.24, 2.45) is 0 Å². The van der Waals surface area contributed by atoms with Crippen molar-refractivity contribution in [1.82, 2.24) is 10.4 Å². The number of hydrogen-bond acceptors (Lipinski definition) is 2. The second-order valence-electron chi connectivity index (χ2n) is 4.18. The van der Waals surface area contributed by atoms with Gasteiger partial charge in [-0.2, -0.15) is 0 Å². The molecule has 0 aromatic carbocycles. The summed E-state index contributed by atoms with van der Waals surface area (Å²) in [7, 11) is 2.55. The highest BCUT2D eigenvalue weighted by Gasteiger charge is 1.93. The molecule has 0 aliphatic rings. The standard InChI is InChI=1S/C11H27N2P/c1-11(2)12-9-7-5-3-4-6-8-10-13-14/h11-13H,3-10,14H2,1-2H3. The molecule has 1 unspecified atom stereocenters. The van der Waals surface area contributed by atoms with Gasteiger partial charge in [0.1, 0.15) is 0 Å². The van der Waals surface area contributed by atoms with Gasteiger partial charge >= 0.3 is 0 Å². The van der Waals surface area contributed by atoms with E-state index in [-0.39, 0.29) is 0 Å². The Balaban J connectivity index is 2.85. The second kappa shape index (κ2) is 11.4. The first-order chi connectivity index (χ1) is 6.77. The Hall–Kier alpha value is 0.350. The van der Waals surface area contributed by atoms with E-state index >= 15 is 0 Å². The molecule has 0 aromatic rings. The van der Waals surface area contributed by atoms with E-state index in [1.165, 1.54) is 45.1 Å². The first-order valence-electron chi connectivity index (χ1n) is 5.94. The summed E-state index contributed by atoms with van der Waals surface area (Å²) in [5.74, 6) is 0. The second-order valence-corrected chi connectivity index (χ2v) is 4.59. The first-order valence-corrected chi connectivity index (χ1v) is 6.52. The van der Waals surface area contributed by atoms with E-state index in [0.717, 1.165) is 6.54 Å². The molecule has 0 aliphatic heterocycles. The summed E-state index contributed by atoms with van der Waals surface area (Å²) < 4.78 is 0. The zero-order valence-electron chi connectivity index (χ0n) is 9.81. The molecule has 0 fully saturated rings. The summed E-state index contributed by atoms with van der Waals surface area (Å²) in [6, 6.07) is 0.642. The lowest BCUT2D eigenvalue weighted by molar-refractivity contribution is 0.532. The molecule has 0 amide bonds. The Kier molecular flexibility index (Phi) is 11.7. The zero-order valence-corrected chi connectivity index (χ0v) is 11.0. The van der Waals surface area contributed by atoms with Crippen LogP contribution >= 0.6 is 9.39 Å².